The van der Waals surface area contributed by atoms with Crippen LogP contribution in [0.25, 0.3) is 5.78 Å². The molecule has 3 aromatic rings. The lowest BCUT2D eigenvalue weighted by atomic mass is 10.0. The van der Waals surface area contributed by atoms with Crippen molar-refractivity contribution in [2.75, 3.05) is 20.1 Å². The second-order valence-corrected chi connectivity index (χ2v) is 6.75. The van der Waals surface area contributed by atoms with Crippen molar-refractivity contribution in [3.63, 3.8) is 0 Å². The minimum Gasteiger partial charge on any atom is -0.334 e. The monoisotopic (exact) mass is 350 g/mol. The van der Waals surface area contributed by atoms with Crippen LogP contribution in [-0.2, 0) is 6.54 Å². The van der Waals surface area contributed by atoms with E-state index in [4.69, 9.17) is 0 Å². The molecule has 134 valence electrons. The predicted octanol–water partition coefficient (Wildman–Crippen LogP) is 1.86. The van der Waals surface area contributed by atoms with E-state index in [1.54, 1.807) is 18.5 Å². The Labute approximate surface area is 152 Å². The lowest BCUT2D eigenvalue weighted by molar-refractivity contribution is 0.0591. The molecule has 1 atom stereocenters. The number of carbonyl (C=O) groups excluding carboxylic acids is 1. The summed E-state index contributed by atoms with van der Waals surface area (Å²) in [6.45, 7) is 2.33. The molecule has 3 heterocycles. The van der Waals surface area contributed by atoms with Crippen molar-refractivity contribution in [3.8, 4) is 0 Å². The second kappa shape index (κ2) is 7.21. The first-order valence-corrected chi connectivity index (χ1v) is 8.91. The number of benzene rings is 1. The molecule has 0 N–H and O–H groups in total. The molecule has 1 fully saturated rings. The molecule has 0 saturated carbocycles. The summed E-state index contributed by atoms with van der Waals surface area (Å²) < 4.78 is 1.54. The van der Waals surface area contributed by atoms with Crippen molar-refractivity contribution in [2.45, 2.75) is 25.4 Å². The zero-order valence-electron chi connectivity index (χ0n) is 14.8. The van der Waals surface area contributed by atoms with E-state index in [1.807, 2.05) is 11.0 Å². The molecule has 0 unspecified atom stereocenters. The summed E-state index contributed by atoms with van der Waals surface area (Å²) in [4.78, 5) is 25.4. The molecule has 0 spiro atoms. The summed E-state index contributed by atoms with van der Waals surface area (Å²) >= 11 is 0. The third-order valence-corrected chi connectivity index (χ3v) is 4.89. The van der Waals surface area contributed by atoms with E-state index in [0.717, 1.165) is 25.9 Å². The molecule has 26 heavy (non-hydrogen) atoms. The zero-order valence-corrected chi connectivity index (χ0v) is 14.8. The van der Waals surface area contributed by atoms with Crippen molar-refractivity contribution in [1.82, 2.24) is 29.4 Å². The van der Waals surface area contributed by atoms with Gasteiger partial charge in [0.1, 0.15) is 0 Å². The highest BCUT2D eigenvalue weighted by Gasteiger charge is 2.29. The van der Waals surface area contributed by atoms with Crippen LogP contribution < -0.4 is 0 Å². The fourth-order valence-electron chi connectivity index (χ4n) is 3.46. The molecule has 1 saturated heterocycles. The van der Waals surface area contributed by atoms with Crippen molar-refractivity contribution in [3.05, 3.63) is 60.2 Å². The van der Waals surface area contributed by atoms with Gasteiger partial charge in [0.25, 0.3) is 11.7 Å². The first-order valence-electron chi connectivity index (χ1n) is 8.91. The molecule has 1 aliphatic heterocycles. The van der Waals surface area contributed by atoms with Crippen molar-refractivity contribution in [1.29, 1.82) is 0 Å². The SMILES string of the molecule is CN(Cc1ccccc1)[C@@H]1CCCN(C(=O)c2nc3ncccn3n2)C1. The van der Waals surface area contributed by atoms with Crippen LogP contribution in [0.4, 0.5) is 0 Å². The van der Waals surface area contributed by atoms with Gasteiger partial charge in [0, 0.05) is 38.1 Å². The van der Waals surface area contributed by atoms with E-state index in [2.05, 4.69) is 51.3 Å². The standard InChI is InChI=1S/C19H22N6O/c1-23(13-15-7-3-2-4-8-15)16-9-5-11-24(14-16)18(26)17-21-19-20-10-6-12-25(19)22-17/h2-4,6-8,10,12,16H,5,9,11,13-14H2,1H3/t16-/m1/s1. The van der Waals surface area contributed by atoms with E-state index >= 15 is 0 Å². The quantitative estimate of drug-likeness (QED) is 0.718. The highest BCUT2D eigenvalue weighted by Crippen LogP contribution is 2.18. The summed E-state index contributed by atoms with van der Waals surface area (Å²) in [5, 5.41) is 4.26. The lowest BCUT2D eigenvalue weighted by Gasteiger charge is -2.37. The Bertz CT molecular complexity index is 860. The maximum atomic E-state index is 12.8. The van der Waals surface area contributed by atoms with Crippen LogP contribution in [-0.4, -0.2) is 61.5 Å². The first-order chi connectivity index (χ1) is 12.7. The molecule has 4 rings (SSSR count). The number of likely N-dealkylation sites (N-methyl/N-ethyl adjacent to an activating group) is 1. The molecule has 0 aliphatic carbocycles. The number of aromatic nitrogens is 4. The van der Waals surface area contributed by atoms with Crippen LogP contribution >= 0.6 is 0 Å². The molecule has 2 aromatic heterocycles. The number of hydrogen-bond donors (Lipinski definition) is 0. The molecule has 0 bridgehead atoms. The minimum atomic E-state index is -0.117. The molecule has 1 aromatic carbocycles. The van der Waals surface area contributed by atoms with Crippen molar-refractivity contribution < 1.29 is 4.79 Å². The summed E-state index contributed by atoms with van der Waals surface area (Å²) in [5.41, 5.74) is 1.28. The predicted molar refractivity (Wildman–Crippen MR) is 97.6 cm³/mol. The third-order valence-electron chi connectivity index (χ3n) is 4.89. The van der Waals surface area contributed by atoms with Crippen molar-refractivity contribution >= 4 is 11.7 Å². The van der Waals surface area contributed by atoms with Crippen molar-refractivity contribution in [2.24, 2.45) is 0 Å². The fourth-order valence-corrected chi connectivity index (χ4v) is 3.46. The smallest absolute Gasteiger partial charge is 0.293 e. The van der Waals surface area contributed by atoms with Gasteiger partial charge in [-0.3, -0.25) is 9.69 Å². The Balaban J connectivity index is 1.44. The highest BCUT2D eigenvalue weighted by atomic mass is 16.2. The number of piperidine rings is 1. The Hall–Kier alpha value is -2.80. The number of amides is 1. The Morgan fingerprint density at radius 1 is 1.27 bits per heavy atom. The van der Waals surface area contributed by atoms with E-state index in [1.165, 1.54) is 10.1 Å². The van der Waals surface area contributed by atoms with Crippen LogP contribution in [0.2, 0.25) is 0 Å². The van der Waals surface area contributed by atoms with Crippen LogP contribution in [0, 0.1) is 0 Å². The number of carbonyl (C=O) groups is 1. The fraction of sp³-hybridized carbons (Fsp3) is 0.368. The van der Waals surface area contributed by atoms with E-state index in [9.17, 15) is 4.79 Å². The second-order valence-electron chi connectivity index (χ2n) is 6.75. The average molecular weight is 350 g/mol. The largest absolute Gasteiger partial charge is 0.334 e. The van der Waals surface area contributed by atoms with Crippen LogP contribution in [0.15, 0.2) is 48.8 Å². The lowest BCUT2D eigenvalue weighted by Crippen LogP contribution is -2.48. The van der Waals surface area contributed by atoms with Gasteiger partial charge >= 0.3 is 0 Å². The molecule has 7 heteroatoms. The Morgan fingerprint density at radius 3 is 2.92 bits per heavy atom. The van der Waals surface area contributed by atoms with E-state index < -0.39 is 0 Å². The number of rotatable bonds is 4. The summed E-state index contributed by atoms with van der Waals surface area (Å²) in [6.07, 6.45) is 5.47. The molecular formula is C19H22N6O. The van der Waals surface area contributed by atoms with Gasteiger partial charge in [-0.1, -0.05) is 30.3 Å². The van der Waals surface area contributed by atoms with Crippen LogP contribution in [0.1, 0.15) is 29.0 Å². The Morgan fingerprint density at radius 2 is 2.12 bits per heavy atom. The summed E-state index contributed by atoms with van der Waals surface area (Å²) in [6, 6.07) is 12.5. The zero-order chi connectivity index (χ0) is 17.9. The molecule has 1 amide bonds. The van der Waals surface area contributed by atoms with Gasteiger partial charge in [-0.05, 0) is 31.5 Å². The van der Waals surface area contributed by atoms with Gasteiger partial charge in [0.05, 0.1) is 0 Å². The maximum absolute atomic E-state index is 12.8. The summed E-state index contributed by atoms with van der Waals surface area (Å²) in [7, 11) is 2.12. The third kappa shape index (κ3) is 3.43. The van der Waals surface area contributed by atoms with Gasteiger partial charge in [0.15, 0.2) is 0 Å². The number of fused-ring (bicyclic) bond motifs is 1. The molecule has 0 radical (unpaired) electrons. The van der Waals surface area contributed by atoms with Gasteiger partial charge in [-0.25, -0.2) is 9.50 Å². The number of likely N-dealkylation sites (tertiary alicyclic amines) is 1. The molecule has 1 aliphatic rings. The van der Waals surface area contributed by atoms with Gasteiger partial charge in [-0.15, -0.1) is 5.10 Å². The van der Waals surface area contributed by atoms with Gasteiger partial charge in [-0.2, -0.15) is 4.98 Å². The maximum Gasteiger partial charge on any atom is 0.293 e. The first kappa shape index (κ1) is 16.7. The summed E-state index contributed by atoms with van der Waals surface area (Å²) in [5.74, 6) is 0.550. The average Bonchev–Trinajstić information content (AvgIpc) is 3.12. The topological polar surface area (TPSA) is 66.6 Å². The highest BCUT2D eigenvalue weighted by molar-refractivity contribution is 5.91. The molecular weight excluding hydrogens is 328 g/mol. The van der Waals surface area contributed by atoms with Crippen LogP contribution in [0.5, 0.6) is 0 Å². The normalized spacial score (nSPS) is 17.8. The number of hydrogen-bond acceptors (Lipinski definition) is 5. The van der Waals surface area contributed by atoms with E-state index in [0.29, 0.717) is 18.4 Å². The van der Waals surface area contributed by atoms with E-state index in [-0.39, 0.29) is 11.7 Å². The van der Waals surface area contributed by atoms with Gasteiger partial charge in [0.2, 0.25) is 5.82 Å². The number of nitrogens with zero attached hydrogens (tertiary/aromatic N) is 6. The van der Waals surface area contributed by atoms with Gasteiger partial charge < -0.3 is 4.90 Å². The molecule has 7 nitrogen and oxygen atoms in total. The minimum absolute atomic E-state index is 0.117. The van der Waals surface area contributed by atoms with Crippen LogP contribution in [0.3, 0.4) is 0 Å². The Kier molecular flexibility index (Phi) is 4.62.